The van der Waals surface area contributed by atoms with Crippen molar-refractivity contribution in [2.24, 2.45) is 0 Å². The van der Waals surface area contributed by atoms with Crippen LogP contribution in [0.4, 0.5) is 4.79 Å². The molecule has 0 rings (SSSR count). The molecule has 0 fully saturated rings. The molecule has 0 aromatic carbocycles. The number of carbonyl (C=O) groups is 2. The Morgan fingerprint density at radius 1 is 1.29 bits per heavy atom. The number of carbonyl (C=O) groups excluding carboxylic acids is 1. The van der Waals surface area contributed by atoms with Crippen molar-refractivity contribution in [3.63, 3.8) is 0 Å². The molecule has 0 amide bonds. The molecule has 24 heavy (non-hydrogen) atoms. The molecule has 1 atom stereocenters. The molecule has 0 aliphatic carbocycles. The van der Waals surface area contributed by atoms with Gasteiger partial charge in [0, 0.05) is 18.4 Å². The Kier molecular flexibility index (Phi) is 33.1. The molecule has 144 valence electrons. The molecule has 2 N–H and O–H groups in total. The van der Waals surface area contributed by atoms with Gasteiger partial charge in [0.15, 0.2) is 5.78 Å². The minimum absolute atomic E-state index is 0. The Balaban J connectivity index is -0.0000000835. The summed E-state index contributed by atoms with van der Waals surface area (Å²) < 4.78 is 2.47. The fourth-order valence-electron chi connectivity index (χ4n) is 0.725. The van der Waals surface area contributed by atoms with Gasteiger partial charge in [0.25, 0.3) is 0 Å². The van der Waals surface area contributed by atoms with E-state index in [0.29, 0.717) is 16.5 Å². The van der Waals surface area contributed by atoms with Crippen LogP contribution >= 0.6 is 59.1 Å². The molecule has 5 nitrogen and oxygen atoms in total. The van der Waals surface area contributed by atoms with E-state index in [1.807, 2.05) is 25.3 Å². The topological polar surface area (TPSA) is 69.6 Å². The van der Waals surface area contributed by atoms with E-state index in [4.69, 9.17) is 17.3 Å². The minimum atomic E-state index is -1.80. The minimum Gasteiger partial charge on any atom is -0.474 e. The van der Waals surface area contributed by atoms with E-state index in [-0.39, 0.29) is 18.2 Å². The zero-order valence-corrected chi connectivity index (χ0v) is 19.5. The van der Waals surface area contributed by atoms with Crippen LogP contribution in [0.25, 0.3) is 0 Å². The second-order valence-corrected chi connectivity index (χ2v) is 9.14. The lowest BCUT2D eigenvalue weighted by Crippen LogP contribution is -2.30. The Morgan fingerprint density at radius 3 is 1.58 bits per heavy atom. The quantitative estimate of drug-likeness (QED) is 0.495. The van der Waals surface area contributed by atoms with Gasteiger partial charge in [-0.1, -0.05) is 29.2 Å². The number of thiocarbonyl (C=S) groups is 3. The molecule has 0 radical (unpaired) electrons. The van der Waals surface area contributed by atoms with Crippen molar-refractivity contribution in [1.29, 1.82) is 0 Å². The maximum Gasteiger partial charge on any atom is 0.353 e. The van der Waals surface area contributed by atoms with Crippen LogP contribution in [0.3, 0.4) is 0 Å². The van der Waals surface area contributed by atoms with E-state index in [1.165, 1.54) is 6.92 Å². The van der Waals surface area contributed by atoms with Crippen molar-refractivity contribution >= 4 is 78.8 Å². The summed E-state index contributed by atoms with van der Waals surface area (Å²) >= 11 is 13.0. The third-order valence-electron chi connectivity index (χ3n) is 2.07. The second-order valence-electron chi connectivity index (χ2n) is 4.34. The van der Waals surface area contributed by atoms with E-state index in [1.54, 1.807) is 25.3 Å². The van der Waals surface area contributed by atoms with Crippen molar-refractivity contribution in [2.75, 3.05) is 40.2 Å². The van der Waals surface area contributed by atoms with E-state index in [9.17, 15) is 9.59 Å². The summed E-state index contributed by atoms with van der Waals surface area (Å²) in [4.78, 5) is 22.4. The van der Waals surface area contributed by atoms with Gasteiger partial charge in [-0.3, -0.25) is 4.79 Å². The molecular weight excluding hydrogens is 408 g/mol. The average Bonchev–Trinajstić information content (AvgIpc) is 2.47. The van der Waals surface area contributed by atoms with Gasteiger partial charge >= 0.3 is 5.30 Å². The summed E-state index contributed by atoms with van der Waals surface area (Å²) in [5.74, 6) is 0.740. The summed E-state index contributed by atoms with van der Waals surface area (Å²) in [7, 11) is 5.52. The maximum atomic E-state index is 10.9. The van der Waals surface area contributed by atoms with Gasteiger partial charge in [-0.25, -0.2) is 4.79 Å². The summed E-state index contributed by atoms with van der Waals surface area (Å²) in [6.07, 6.45) is 2.15. The predicted octanol–water partition coefficient (Wildman–Crippen LogP) is 4.04. The van der Waals surface area contributed by atoms with Crippen molar-refractivity contribution in [3.05, 3.63) is 6.92 Å². The molecule has 0 heterocycles. The molecule has 0 bridgehead atoms. The van der Waals surface area contributed by atoms with Crippen LogP contribution in [-0.2, 0) is 4.79 Å². The highest BCUT2D eigenvalue weighted by atomic mass is 35.5. The van der Waals surface area contributed by atoms with Gasteiger partial charge in [-0.15, -0.1) is 12.4 Å². The number of ketones is 1. The van der Waals surface area contributed by atoms with Crippen molar-refractivity contribution in [2.45, 2.75) is 20.3 Å². The highest BCUT2D eigenvalue weighted by Gasteiger charge is 2.31. The van der Waals surface area contributed by atoms with Crippen LogP contribution in [-0.4, -0.2) is 69.9 Å². The first-order valence-corrected chi connectivity index (χ1v) is 9.96. The molecule has 0 saturated heterocycles. The number of halogens is 1. The summed E-state index contributed by atoms with van der Waals surface area (Å²) in [5, 5.41) is 11.0. The fraction of sp³-hybridized carbons (Fsp3) is 0.643. The lowest BCUT2D eigenvalue weighted by molar-refractivity contribution is -0.116. The lowest BCUT2D eigenvalue weighted by atomic mass is 10.4. The number of rotatable bonds is 2. The van der Waals surface area contributed by atoms with E-state index >= 15 is 0 Å². The highest BCUT2D eigenvalue weighted by molar-refractivity contribution is 8.58. The van der Waals surface area contributed by atoms with Gasteiger partial charge < -0.3 is 15.3 Å². The zero-order chi connectivity index (χ0) is 19.6. The summed E-state index contributed by atoms with van der Waals surface area (Å²) in [6, 6.07) is 0. The van der Waals surface area contributed by atoms with Crippen LogP contribution in [0, 0.1) is 6.92 Å². The highest BCUT2D eigenvalue weighted by Crippen LogP contribution is 2.46. The number of Topliss-reactive ketones (excluding diaryl/α,β-unsaturated/α-hetero) is 1. The largest absolute Gasteiger partial charge is 0.474 e. The average molecular weight is 438 g/mol. The number of nitrogens with zero attached hydrogens (tertiary/aromatic N) is 1. The van der Waals surface area contributed by atoms with Crippen molar-refractivity contribution < 1.29 is 14.7 Å². The normalized spacial score (nSPS) is 11.5. The van der Waals surface area contributed by atoms with Crippen LogP contribution in [0.15, 0.2) is 0 Å². The number of carboxylic acid groups (broad SMARTS) is 1. The smallest absolute Gasteiger partial charge is 0.353 e. The van der Waals surface area contributed by atoms with Crippen LogP contribution in [0.5, 0.6) is 0 Å². The Labute approximate surface area is 170 Å². The molecule has 0 aliphatic heterocycles. The van der Waals surface area contributed by atoms with Crippen LogP contribution in [0.2, 0.25) is 0 Å². The molecular formula is C14H30ClN2O3S4+. The third-order valence-corrected chi connectivity index (χ3v) is 6.60. The zero-order valence-electron chi connectivity index (χ0n) is 15.4. The standard InChI is InChI=1S/C7H15NO2S2.C4H7O.C2H7N.CS2.ClH/c1-5-12(4,7(9)10)6(11)8(2)3;1-3-4(2)5;1-3-2;2-1-3;/h5H2,1-4H3,(H,9,10);1,3H2,2H3;3H,1-2H3;;1H/q;+1;;;. The second kappa shape index (κ2) is 22.7. The van der Waals surface area contributed by atoms with Gasteiger partial charge in [-0.2, -0.15) is 0 Å². The monoisotopic (exact) mass is 437 g/mol. The Morgan fingerprint density at radius 2 is 1.54 bits per heavy atom. The van der Waals surface area contributed by atoms with Crippen molar-refractivity contribution in [1.82, 2.24) is 10.2 Å². The molecule has 0 aromatic rings. The van der Waals surface area contributed by atoms with Gasteiger partial charge in [-0.05, 0) is 57.5 Å². The van der Waals surface area contributed by atoms with Crippen LogP contribution in [0.1, 0.15) is 20.3 Å². The Hall–Kier alpha value is -0.280. The summed E-state index contributed by atoms with van der Waals surface area (Å²) in [6.45, 7) is 6.72. The third kappa shape index (κ3) is 21.7. The molecule has 0 aliphatic rings. The lowest BCUT2D eigenvalue weighted by Gasteiger charge is -2.33. The molecule has 10 heteroatoms. The fourth-order valence-corrected chi connectivity index (χ4v) is 2.74. The van der Waals surface area contributed by atoms with Gasteiger partial charge in [0.1, 0.15) is 10.7 Å². The van der Waals surface area contributed by atoms with E-state index in [0.717, 1.165) is 0 Å². The first-order chi connectivity index (χ1) is 10.5. The van der Waals surface area contributed by atoms with Gasteiger partial charge in [0.05, 0.1) is 6.92 Å². The molecule has 0 saturated carbocycles. The first kappa shape index (κ1) is 34.9. The number of nitrogens with one attached hydrogen (secondary N) is 1. The van der Waals surface area contributed by atoms with E-state index in [2.05, 4.69) is 36.7 Å². The maximum absolute atomic E-state index is 10.9. The number of hydrogen-bond donors (Lipinski definition) is 2. The van der Waals surface area contributed by atoms with Gasteiger partial charge in [0.2, 0.25) is 0 Å². The predicted molar refractivity (Wildman–Crippen MR) is 121 cm³/mol. The number of hydrogen-bond acceptors (Lipinski definition) is 6. The Bertz CT molecular complexity index is 390. The molecule has 1 unspecified atom stereocenters. The van der Waals surface area contributed by atoms with Crippen molar-refractivity contribution in [3.8, 4) is 0 Å². The first-order valence-electron chi connectivity index (χ1n) is 6.53. The SMILES string of the molecule is CCS(C)(C(=O)O)C(=S)N(C)C.CNC.Cl.S=C=S.[CH2+]CC(C)=O. The van der Waals surface area contributed by atoms with E-state index < -0.39 is 15.3 Å². The molecule has 0 spiro atoms. The summed E-state index contributed by atoms with van der Waals surface area (Å²) in [5.41, 5.74) is 0. The van der Waals surface area contributed by atoms with Crippen LogP contribution < -0.4 is 5.32 Å². The molecule has 0 aromatic heterocycles.